The highest BCUT2D eigenvalue weighted by Gasteiger charge is 2.47. The maximum Gasteiger partial charge on any atom is 0.414 e. The first-order valence-corrected chi connectivity index (χ1v) is 12.7. The van der Waals surface area contributed by atoms with Crippen LogP contribution in [0.3, 0.4) is 0 Å². The number of ether oxygens (including phenoxy) is 2. The Bertz CT molecular complexity index is 850. The Morgan fingerprint density at radius 1 is 1.00 bits per heavy atom. The summed E-state index contributed by atoms with van der Waals surface area (Å²) in [5, 5.41) is 0. The minimum Gasteiger partial charge on any atom is -0.440 e. The van der Waals surface area contributed by atoms with E-state index >= 15 is 0 Å². The molecule has 1 amide bonds. The summed E-state index contributed by atoms with van der Waals surface area (Å²) in [4.78, 5) is 15.1. The fourth-order valence-electron chi connectivity index (χ4n) is 5.34. The van der Waals surface area contributed by atoms with Crippen LogP contribution in [0, 0.1) is 5.92 Å². The van der Waals surface area contributed by atoms with E-state index in [4.69, 9.17) is 9.47 Å². The van der Waals surface area contributed by atoms with Crippen LogP contribution in [-0.2, 0) is 16.1 Å². The quantitative estimate of drug-likeness (QED) is 0.328. The molecule has 1 atom stereocenters. The fraction of sp³-hybridized carbons (Fsp3) is 0.536. The smallest absolute Gasteiger partial charge is 0.414 e. The average molecular weight is 452 g/mol. The lowest BCUT2D eigenvalue weighted by Gasteiger charge is -2.52. The fourth-order valence-corrected chi connectivity index (χ4v) is 5.34. The zero-order valence-electron chi connectivity index (χ0n) is 20.0. The third-order valence-corrected chi connectivity index (χ3v) is 7.39. The summed E-state index contributed by atoms with van der Waals surface area (Å²) in [6.45, 7) is 8.55. The molecule has 0 N–H and O–H groups in total. The number of hydrogen-bond donors (Lipinski definition) is 0. The second-order valence-corrected chi connectivity index (χ2v) is 9.69. The number of unbranched alkanes of at least 4 members (excludes halogenated alkanes) is 2. The Hall–Kier alpha value is -2.37. The first-order valence-electron chi connectivity index (χ1n) is 12.7. The number of rotatable bonds is 11. The molecule has 5 nitrogen and oxygen atoms in total. The van der Waals surface area contributed by atoms with E-state index in [1.54, 1.807) is 0 Å². The molecule has 0 unspecified atom stereocenters. The number of quaternary nitrogens is 1. The van der Waals surface area contributed by atoms with E-state index < -0.39 is 0 Å². The zero-order chi connectivity index (χ0) is 22.9. The minimum atomic E-state index is -0.186. The van der Waals surface area contributed by atoms with Crippen molar-refractivity contribution in [1.82, 2.24) is 0 Å². The molecule has 0 radical (unpaired) electrons. The van der Waals surface area contributed by atoms with Gasteiger partial charge >= 0.3 is 6.09 Å². The van der Waals surface area contributed by atoms with Gasteiger partial charge in [0.2, 0.25) is 0 Å². The molecule has 5 heteroatoms. The molecule has 3 aliphatic rings. The first kappa shape index (κ1) is 23.8. The van der Waals surface area contributed by atoms with Crippen molar-refractivity contribution in [3.05, 3.63) is 66.2 Å². The molecule has 2 bridgehead atoms. The van der Waals surface area contributed by atoms with E-state index in [0.29, 0.717) is 19.1 Å². The van der Waals surface area contributed by atoms with E-state index in [0.717, 1.165) is 62.0 Å². The van der Waals surface area contributed by atoms with E-state index in [-0.39, 0.29) is 12.2 Å². The molecule has 0 saturated carbocycles. The summed E-state index contributed by atoms with van der Waals surface area (Å²) < 4.78 is 13.2. The van der Waals surface area contributed by atoms with Crippen molar-refractivity contribution in [2.24, 2.45) is 5.92 Å². The van der Waals surface area contributed by atoms with Gasteiger partial charge in [0.25, 0.3) is 0 Å². The number of benzene rings is 2. The maximum atomic E-state index is 13.3. The highest BCUT2D eigenvalue weighted by Crippen LogP contribution is 2.36. The monoisotopic (exact) mass is 451 g/mol. The average Bonchev–Trinajstić information content (AvgIpc) is 2.86. The summed E-state index contributed by atoms with van der Waals surface area (Å²) >= 11 is 0. The van der Waals surface area contributed by atoms with Crippen molar-refractivity contribution < 1.29 is 18.8 Å². The number of piperidine rings is 3. The molecule has 178 valence electrons. The number of hydrogen-bond acceptors (Lipinski definition) is 3. The van der Waals surface area contributed by atoms with Gasteiger partial charge in [0.15, 0.2) is 6.10 Å². The summed E-state index contributed by atoms with van der Waals surface area (Å²) in [7, 11) is 0. The molecule has 2 aromatic carbocycles. The number of para-hydroxylation sites is 1. The van der Waals surface area contributed by atoms with Gasteiger partial charge in [-0.3, -0.25) is 4.90 Å². The number of carbonyl (C=O) groups excluding carboxylic acids is 1. The molecule has 0 spiro atoms. The number of carbonyl (C=O) groups is 1. The molecule has 33 heavy (non-hydrogen) atoms. The van der Waals surface area contributed by atoms with Crippen LogP contribution in [0.25, 0.3) is 0 Å². The van der Waals surface area contributed by atoms with Crippen LogP contribution < -0.4 is 4.90 Å². The van der Waals surface area contributed by atoms with Crippen LogP contribution in [0.5, 0.6) is 0 Å². The largest absolute Gasteiger partial charge is 0.440 e. The summed E-state index contributed by atoms with van der Waals surface area (Å²) in [5.74, 6) is 0.493. The van der Waals surface area contributed by atoms with Crippen molar-refractivity contribution in [1.29, 1.82) is 0 Å². The molecule has 0 aliphatic carbocycles. The van der Waals surface area contributed by atoms with Crippen LogP contribution in [-0.4, -0.2) is 56.0 Å². The van der Waals surface area contributed by atoms with E-state index in [1.165, 1.54) is 18.7 Å². The first-order chi connectivity index (χ1) is 16.2. The SMILES string of the molecule is CCCCCN(C(=O)O[C@H]1C[N+]2(CCOCc3ccccc3)CCC1CC2)c1ccccc1. The van der Waals surface area contributed by atoms with E-state index in [9.17, 15) is 4.79 Å². The maximum absolute atomic E-state index is 13.3. The predicted octanol–water partition coefficient (Wildman–Crippen LogP) is 5.65. The van der Waals surface area contributed by atoms with Crippen molar-refractivity contribution in [3.8, 4) is 0 Å². The molecule has 2 aromatic rings. The van der Waals surface area contributed by atoms with Crippen LogP contribution in [0.15, 0.2) is 60.7 Å². The Morgan fingerprint density at radius 3 is 2.39 bits per heavy atom. The van der Waals surface area contributed by atoms with Crippen molar-refractivity contribution in [2.75, 3.05) is 44.2 Å². The number of amides is 1. The number of nitrogens with zero attached hydrogens (tertiary/aromatic N) is 2. The van der Waals surface area contributed by atoms with Crippen molar-refractivity contribution in [2.45, 2.75) is 51.7 Å². The Morgan fingerprint density at radius 2 is 1.70 bits per heavy atom. The lowest BCUT2D eigenvalue weighted by molar-refractivity contribution is -0.946. The van der Waals surface area contributed by atoms with E-state index in [1.807, 2.05) is 41.3 Å². The Kier molecular flexibility index (Phi) is 8.40. The second kappa shape index (κ2) is 11.7. The molecular weight excluding hydrogens is 412 g/mol. The molecule has 3 fully saturated rings. The molecular formula is C28H39N2O3+. The van der Waals surface area contributed by atoms with Crippen molar-refractivity contribution >= 4 is 11.8 Å². The normalized spacial score (nSPS) is 23.9. The molecule has 3 heterocycles. The lowest BCUT2D eigenvalue weighted by atomic mass is 9.83. The zero-order valence-corrected chi connectivity index (χ0v) is 20.0. The van der Waals surface area contributed by atoms with Crippen LogP contribution in [0.2, 0.25) is 0 Å². The standard InChI is InChI=1S/C28H39N2O3/c1-2-3-10-17-29(26-13-8-5-9-14-26)28(31)33-27-22-30(18-15-25(27)16-19-30)20-21-32-23-24-11-6-4-7-12-24/h4-9,11-14,25,27H,2-3,10,15-23H2,1H3/q+1/t25?,27-,30?/m0/s1. The van der Waals surface area contributed by atoms with Gasteiger partial charge in [-0.1, -0.05) is 68.3 Å². The highest BCUT2D eigenvalue weighted by atomic mass is 16.6. The number of fused-ring (bicyclic) bond motifs is 3. The van der Waals surface area contributed by atoms with Gasteiger partial charge in [-0.25, -0.2) is 4.79 Å². The van der Waals surface area contributed by atoms with Crippen molar-refractivity contribution in [3.63, 3.8) is 0 Å². The lowest BCUT2D eigenvalue weighted by Crippen LogP contribution is -2.65. The van der Waals surface area contributed by atoms with Gasteiger partial charge in [0, 0.05) is 31.0 Å². The minimum absolute atomic E-state index is 0.00603. The Balaban J connectivity index is 1.33. The summed E-state index contributed by atoms with van der Waals surface area (Å²) in [6.07, 6.45) is 5.34. The summed E-state index contributed by atoms with van der Waals surface area (Å²) in [6, 6.07) is 20.3. The molecule has 5 rings (SSSR count). The van der Waals surface area contributed by atoms with Gasteiger partial charge in [0.05, 0.1) is 26.3 Å². The second-order valence-electron chi connectivity index (χ2n) is 9.69. The third-order valence-electron chi connectivity index (χ3n) is 7.39. The van der Waals surface area contributed by atoms with Gasteiger partial charge < -0.3 is 14.0 Å². The predicted molar refractivity (Wildman–Crippen MR) is 132 cm³/mol. The van der Waals surface area contributed by atoms with Gasteiger partial charge in [-0.2, -0.15) is 0 Å². The Labute approximate surface area is 198 Å². The molecule has 3 saturated heterocycles. The third kappa shape index (κ3) is 6.36. The van der Waals surface area contributed by atoms with Gasteiger partial charge in [0.1, 0.15) is 13.1 Å². The van der Waals surface area contributed by atoms with Crippen LogP contribution in [0.1, 0.15) is 44.6 Å². The van der Waals surface area contributed by atoms with E-state index in [2.05, 4.69) is 31.2 Å². The van der Waals surface area contributed by atoms with Gasteiger partial charge in [-0.15, -0.1) is 0 Å². The number of anilines is 1. The van der Waals surface area contributed by atoms with Gasteiger partial charge in [-0.05, 0) is 24.1 Å². The molecule has 3 aliphatic heterocycles. The van der Waals surface area contributed by atoms with Crippen LogP contribution >= 0.6 is 0 Å². The van der Waals surface area contributed by atoms with Crippen LogP contribution in [0.4, 0.5) is 10.5 Å². The topological polar surface area (TPSA) is 38.8 Å². The highest BCUT2D eigenvalue weighted by molar-refractivity contribution is 5.87. The summed E-state index contributed by atoms with van der Waals surface area (Å²) in [5.41, 5.74) is 2.14. The molecule has 0 aromatic heterocycles.